The molecule has 0 saturated heterocycles. The van der Waals surface area contributed by atoms with E-state index in [1.54, 1.807) is 11.6 Å². The van der Waals surface area contributed by atoms with Crippen LogP contribution >= 0.6 is 0 Å². The lowest BCUT2D eigenvalue weighted by Crippen LogP contribution is -2.05. The smallest absolute Gasteiger partial charge is 0.339 e. The van der Waals surface area contributed by atoms with E-state index in [1.807, 2.05) is 19.1 Å². The first-order chi connectivity index (χ1) is 7.58. The van der Waals surface area contributed by atoms with Crippen molar-refractivity contribution < 1.29 is 14.3 Å². The van der Waals surface area contributed by atoms with Crippen LogP contribution in [0.25, 0.3) is 0 Å². The highest BCUT2D eigenvalue weighted by atomic mass is 16.4. The van der Waals surface area contributed by atoms with E-state index < -0.39 is 5.97 Å². The molecule has 16 heavy (non-hydrogen) atoms. The summed E-state index contributed by atoms with van der Waals surface area (Å²) in [5.74, 6) is 0.637. The number of aromatic carboxylic acids is 1. The summed E-state index contributed by atoms with van der Waals surface area (Å²) in [5.41, 5.74) is 0.852. The Labute approximate surface area is 92.3 Å². The minimum atomic E-state index is -0.959. The molecule has 0 atom stereocenters. The lowest BCUT2D eigenvalue weighted by atomic mass is 10.3. The number of hydrogen-bond acceptors (Lipinski definition) is 3. The van der Waals surface area contributed by atoms with Crippen LogP contribution < -0.4 is 0 Å². The maximum absolute atomic E-state index is 10.8. The Kier molecular flexibility index (Phi) is 2.52. The quantitative estimate of drug-likeness (QED) is 0.856. The van der Waals surface area contributed by atoms with Crippen LogP contribution in [0.5, 0.6) is 0 Å². The van der Waals surface area contributed by atoms with Crippen molar-refractivity contribution in [2.45, 2.75) is 20.4 Å². The fraction of sp³-hybridized carbons (Fsp3) is 0.273. The third-order valence-corrected chi connectivity index (χ3v) is 2.44. The normalized spacial score (nSPS) is 10.6. The Morgan fingerprint density at radius 3 is 2.75 bits per heavy atom. The summed E-state index contributed by atoms with van der Waals surface area (Å²) in [6.07, 6.45) is 1.35. The molecule has 0 radical (unpaired) electrons. The molecule has 2 rings (SSSR count). The predicted molar refractivity (Wildman–Crippen MR) is 56.5 cm³/mol. The van der Waals surface area contributed by atoms with E-state index in [1.165, 1.54) is 6.20 Å². The molecule has 0 fully saturated rings. The summed E-state index contributed by atoms with van der Waals surface area (Å²) >= 11 is 0. The molecule has 2 heterocycles. The summed E-state index contributed by atoms with van der Waals surface area (Å²) in [6, 6.07) is 3.73. The first-order valence-corrected chi connectivity index (χ1v) is 4.89. The molecular formula is C11H12N2O3. The number of hydrogen-bond donors (Lipinski definition) is 1. The zero-order valence-electron chi connectivity index (χ0n) is 9.10. The molecule has 0 aliphatic heterocycles. The van der Waals surface area contributed by atoms with Crippen LogP contribution in [0.2, 0.25) is 0 Å². The summed E-state index contributed by atoms with van der Waals surface area (Å²) in [7, 11) is 0. The van der Waals surface area contributed by atoms with Gasteiger partial charge in [0.1, 0.15) is 17.1 Å². The number of carbonyl (C=O) groups is 1. The molecule has 2 aromatic rings. The second-order valence-electron chi connectivity index (χ2n) is 3.62. The lowest BCUT2D eigenvalue weighted by Gasteiger charge is -2.01. The van der Waals surface area contributed by atoms with Crippen LogP contribution in [0.15, 0.2) is 22.7 Å². The van der Waals surface area contributed by atoms with Crippen molar-refractivity contribution in [3.63, 3.8) is 0 Å². The molecule has 2 aromatic heterocycles. The van der Waals surface area contributed by atoms with Crippen LogP contribution in [0.4, 0.5) is 0 Å². The third-order valence-electron chi connectivity index (χ3n) is 2.44. The van der Waals surface area contributed by atoms with Gasteiger partial charge in [-0.05, 0) is 26.0 Å². The van der Waals surface area contributed by atoms with Gasteiger partial charge in [0.15, 0.2) is 0 Å². The van der Waals surface area contributed by atoms with E-state index in [4.69, 9.17) is 9.52 Å². The highest BCUT2D eigenvalue weighted by Gasteiger charge is 2.13. The number of aromatic nitrogens is 2. The zero-order chi connectivity index (χ0) is 11.7. The van der Waals surface area contributed by atoms with E-state index in [-0.39, 0.29) is 5.56 Å². The van der Waals surface area contributed by atoms with Crippen molar-refractivity contribution in [1.29, 1.82) is 0 Å². The minimum absolute atomic E-state index is 0.225. The summed E-state index contributed by atoms with van der Waals surface area (Å²) in [5, 5.41) is 12.9. The average molecular weight is 220 g/mol. The van der Waals surface area contributed by atoms with Gasteiger partial charge in [0.25, 0.3) is 0 Å². The van der Waals surface area contributed by atoms with Crippen molar-refractivity contribution in [3.8, 4) is 0 Å². The van der Waals surface area contributed by atoms with Gasteiger partial charge in [-0.1, -0.05) is 0 Å². The predicted octanol–water partition coefficient (Wildman–Crippen LogP) is 1.84. The second kappa shape index (κ2) is 3.84. The van der Waals surface area contributed by atoms with Gasteiger partial charge >= 0.3 is 5.97 Å². The van der Waals surface area contributed by atoms with Crippen LogP contribution in [0.3, 0.4) is 0 Å². The monoisotopic (exact) mass is 220 g/mol. The average Bonchev–Trinajstić information content (AvgIpc) is 2.76. The second-order valence-corrected chi connectivity index (χ2v) is 3.62. The number of rotatable bonds is 3. The molecular weight excluding hydrogens is 208 g/mol. The standard InChI is InChI=1S/C11H12N2O3/c1-7-3-4-9(16-7)6-13-8(2)10(5-12-13)11(14)15/h3-5H,6H2,1-2H3,(H,14,15). The highest BCUT2D eigenvalue weighted by molar-refractivity contribution is 5.88. The van der Waals surface area contributed by atoms with Gasteiger partial charge in [0.05, 0.1) is 18.4 Å². The third kappa shape index (κ3) is 1.84. The molecule has 0 unspecified atom stereocenters. The Morgan fingerprint density at radius 1 is 1.50 bits per heavy atom. The molecule has 5 heteroatoms. The van der Waals surface area contributed by atoms with E-state index in [9.17, 15) is 4.79 Å². The Balaban J connectivity index is 2.25. The van der Waals surface area contributed by atoms with Crippen LogP contribution in [0, 0.1) is 13.8 Å². The van der Waals surface area contributed by atoms with Crippen molar-refractivity contribution in [3.05, 3.63) is 41.1 Å². The summed E-state index contributed by atoms with van der Waals surface area (Å²) in [6.45, 7) is 4.04. The van der Waals surface area contributed by atoms with Gasteiger partial charge in [-0.25, -0.2) is 4.79 Å². The molecule has 1 N–H and O–H groups in total. The van der Waals surface area contributed by atoms with Gasteiger partial charge < -0.3 is 9.52 Å². The van der Waals surface area contributed by atoms with Crippen molar-refractivity contribution in [2.75, 3.05) is 0 Å². The van der Waals surface area contributed by atoms with Crippen molar-refractivity contribution in [1.82, 2.24) is 9.78 Å². The number of furan rings is 1. The van der Waals surface area contributed by atoms with Crippen LogP contribution in [-0.4, -0.2) is 20.9 Å². The fourth-order valence-corrected chi connectivity index (χ4v) is 1.53. The fourth-order valence-electron chi connectivity index (χ4n) is 1.53. The van der Waals surface area contributed by atoms with Gasteiger partial charge in [-0.15, -0.1) is 0 Å². The van der Waals surface area contributed by atoms with Crippen molar-refractivity contribution in [2.24, 2.45) is 0 Å². The van der Waals surface area contributed by atoms with Gasteiger partial charge in [-0.2, -0.15) is 5.10 Å². The first-order valence-electron chi connectivity index (χ1n) is 4.89. The Hall–Kier alpha value is -2.04. The molecule has 84 valence electrons. The van der Waals surface area contributed by atoms with Crippen molar-refractivity contribution >= 4 is 5.97 Å². The van der Waals surface area contributed by atoms with E-state index in [0.717, 1.165) is 11.5 Å². The van der Waals surface area contributed by atoms with Crippen LogP contribution in [-0.2, 0) is 6.54 Å². The number of carboxylic acids is 1. The molecule has 5 nitrogen and oxygen atoms in total. The van der Waals surface area contributed by atoms with E-state index in [2.05, 4.69) is 5.10 Å². The number of nitrogens with zero attached hydrogens (tertiary/aromatic N) is 2. The number of carboxylic acid groups (broad SMARTS) is 1. The van der Waals surface area contributed by atoms with Gasteiger partial charge in [-0.3, -0.25) is 4.68 Å². The largest absolute Gasteiger partial charge is 0.478 e. The summed E-state index contributed by atoms with van der Waals surface area (Å²) < 4.78 is 7.02. The van der Waals surface area contributed by atoms with E-state index >= 15 is 0 Å². The molecule has 0 aromatic carbocycles. The van der Waals surface area contributed by atoms with Gasteiger partial charge in [0.2, 0.25) is 0 Å². The van der Waals surface area contributed by atoms with E-state index in [0.29, 0.717) is 12.2 Å². The molecule has 0 saturated carbocycles. The molecule has 0 amide bonds. The molecule has 0 aliphatic rings. The topological polar surface area (TPSA) is 68.3 Å². The highest BCUT2D eigenvalue weighted by Crippen LogP contribution is 2.12. The maximum Gasteiger partial charge on any atom is 0.339 e. The first kappa shape index (κ1) is 10.5. The SMILES string of the molecule is Cc1ccc(Cn2ncc(C(=O)O)c2C)o1. The molecule has 0 spiro atoms. The minimum Gasteiger partial charge on any atom is -0.478 e. The van der Waals surface area contributed by atoms with Crippen LogP contribution in [0.1, 0.15) is 27.6 Å². The summed E-state index contributed by atoms with van der Waals surface area (Å²) in [4.78, 5) is 10.8. The maximum atomic E-state index is 10.8. The molecule has 0 aliphatic carbocycles. The Bertz CT molecular complexity index is 525. The Morgan fingerprint density at radius 2 is 2.25 bits per heavy atom. The van der Waals surface area contributed by atoms with Gasteiger partial charge in [0, 0.05) is 0 Å². The molecule has 0 bridgehead atoms. The lowest BCUT2D eigenvalue weighted by molar-refractivity contribution is 0.0696. The number of aryl methyl sites for hydroxylation is 1. The zero-order valence-corrected chi connectivity index (χ0v) is 9.10.